The molecule has 0 aromatic heterocycles. The fourth-order valence-corrected chi connectivity index (χ4v) is 2.99. The van der Waals surface area contributed by atoms with Crippen molar-refractivity contribution in [3.05, 3.63) is 24.3 Å². The third-order valence-corrected chi connectivity index (χ3v) is 3.98. The Morgan fingerprint density at radius 2 is 1.80 bits per heavy atom. The van der Waals surface area contributed by atoms with Gasteiger partial charge in [0, 0.05) is 0 Å². The molecule has 0 N–H and O–H groups in total. The van der Waals surface area contributed by atoms with E-state index in [4.69, 9.17) is 0 Å². The van der Waals surface area contributed by atoms with E-state index in [-0.39, 0.29) is 0 Å². The molecular formula is C15H24. The van der Waals surface area contributed by atoms with Crippen molar-refractivity contribution in [1.29, 1.82) is 0 Å². The minimum absolute atomic E-state index is 0.846. The van der Waals surface area contributed by atoms with E-state index < -0.39 is 0 Å². The summed E-state index contributed by atoms with van der Waals surface area (Å²) in [6.07, 6.45) is 22.2. The van der Waals surface area contributed by atoms with Crippen LogP contribution >= 0.6 is 0 Å². The minimum Gasteiger partial charge on any atom is -0.0840 e. The van der Waals surface area contributed by atoms with Gasteiger partial charge in [-0.05, 0) is 24.7 Å². The van der Waals surface area contributed by atoms with Crippen molar-refractivity contribution in [2.24, 2.45) is 11.8 Å². The maximum absolute atomic E-state index is 2.39. The summed E-state index contributed by atoms with van der Waals surface area (Å²) < 4.78 is 0. The molecule has 1 fully saturated rings. The molecular weight excluding hydrogens is 180 g/mol. The summed E-state index contributed by atoms with van der Waals surface area (Å²) >= 11 is 0. The lowest BCUT2D eigenvalue weighted by Crippen LogP contribution is -2.07. The molecule has 0 nitrogen and oxygen atoms in total. The summed E-state index contributed by atoms with van der Waals surface area (Å²) in [6.45, 7) is 0. The van der Waals surface area contributed by atoms with Crippen molar-refractivity contribution in [3.8, 4) is 0 Å². The topological polar surface area (TPSA) is 0 Å². The molecule has 0 amide bonds. The molecule has 0 bridgehead atoms. The lowest BCUT2D eigenvalue weighted by molar-refractivity contribution is 0.324. The van der Waals surface area contributed by atoms with E-state index in [1.807, 2.05) is 0 Å². The third-order valence-electron chi connectivity index (χ3n) is 3.98. The van der Waals surface area contributed by atoms with Crippen LogP contribution in [0.5, 0.6) is 0 Å². The summed E-state index contributed by atoms with van der Waals surface area (Å²) in [4.78, 5) is 0. The predicted octanol–water partition coefficient (Wildman–Crippen LogP) is 4.87. The Morgan fingerprint density at radius 1 is 0.933 bits per heavy atom. The van der Waals surface area contributed by atoms with E-state index in [0.717, 1.165) is 11.8 Å². The second-order valence-electron chi connectivity index (χ2n) is 5.24. The molecule has 2 aliphatic rings. The smallest absolute Gasteiger partial charge is 0.0196 e. The lowest BCUT2D eigenvalue weighted by atomic mass is 9.84. The molecule has 0 heteroatoms. The Hall–Kier alpha value is -0.520. The average Bonchev–Trinajstić information content (AvgIpc) is 2.32. The molecule has 1 unspecified atom stereocenters. The van der Waals surface area contributed by atoms with Gasteiger partial charge in [-0.3, -0.25) is 0 Å². The molecule has 2 rings (SSSR count). The van der Waals surface area contributed by atoms with Crippen LogP contribution in [0.25, 0.3) is 0 Å². The van der Waals surface area contributed by atoms with Crippen molar-refractivity contribution in [3.63, 3.8) is 0 Å². The van der Waals surface area contributed by atoms with Crippen LogP contribution in [-0.4, -0.2) is 0 Å². The molecule has 0 heterocycles. The van der Waals surface area contributed by atoms with Crippen molar-refractivity contribution < 1.29 is 0 Å². The first-order valence-electron chi connectivity index (χ1n) is 6.78. The zero-order chi connectivity index (χ0) is 10.3. The van der Waals surface area contributed by atoms with Crippen molar-refractivity contribution >= 4 is 0 Å². The van der Waals surface area contributed by atoms with Crippen LogP contribution in [0.1, 0.15) is 57.8 Å². The minimum atomic E-state index is 0.846. The molecule has 0 aliphatic heterocycles. The summed E-state index contributed by atoms with van der Waals surface area (Å²) in [6, 6.07) is 0. The van der Waals surface area contributed by atoms with E-state index in [1.165, 1.54) is 57.8 Å². The van der Waals surface area contributed by atoms with Gasteiger partial charge >= 0.3 is 0 Å². The molecule has 1 atom stereocenters. The molecule has 1 saturated carbocycles. The van der Waals surface area contributed by atoms with E-state index in [2.05, 4.69) is 24.3 Å². The van der Waals surface area contributed by atoms with Gasteiger partial charge in [0.15, 0.2) is 0 Å². The zero-order valence-corrected chi connectivity index (χ0v) is 9.83. The quantitative estimate of drug-likeness (QED) is 0.613. The Bertz CT molecular complexity index is 218. The highest BCUT2D eigenvalue weighted by molar-refractivity contribution is 5.10. The van der Waals surface area contributed by atoms with Gasteiger partial charge in [0.05, 0.1) is 0 Å². The van der Waals surface area contributed by atoms with Gasteiger partial charge in [-0.15, -0.1) is 0 Å². The molecule has 0 spiro atoms. The normalized spacial score (nSPS) is 27.1. The molecule has 0 radical (unpaired) electrons. The van der Waals surface area contributed by atoms with Crippen LogP contribution in [-0.2, 0) is 0 Å². The summed E-state index contributed by atoms with van der Waals surface area (Å²) in [7, 11) is 0. The van der Waals surface area contributed by atoms with Gasteiger partial charge in [0.1, 0.15) is 0 Å². The number of hydrogen-bond donors (Lipinski definition) is 0. The van der Waals surface area contributed by atoms with Gasteiger partial charge in [-0.1, -0.05) is 69.2 Å². The number of rotatable bonds is 4. The Morgan fingerprint density at radius 3 is 2.53 bits per heavy atom. The van der Waals surface area contributed by atoms with Crippen LogP contribution < -0.4 is 0 Å². The predicted molar refractivity (Wildman–Crippen MR) is 66.8 cm³/mol. The maximum Gasteiger partial charge on any atom is -0.0196 e. The Balaban J connectivity index is 1.57. The first kappa shape index (κ1) is 11.0. The molecule has 15 heavy (non-hydrogen) atoms. The lowest BCUT2D eigenvalue weighted by Gasteiger charge is -2.22. The zero-order valence-electron chi connectivity index (χ0n) is 9.83. The Labute approximate surface area is 94.5 Å². The summed E-state index contributed by atoms with van der Waals surface area (Å²) in [5.41, 5.74) is 0. The van der Waals surface area contributed by atoms with Crippen LogP contribution in [0.2, 0.25) is 0 Å². The van der Waals surface area contributed by atoms with Gasteiger partial charge < -0.3 is 0 Å². The number of allylic oxidation sites excluding steroid dienone is 4. The maximum atomic E-state index is 2.39. The number of hydrogen-bond acceptors (Lipinski definition) is 0. The SMILES string of the molecule is C1=CCC(CCCC2CCCCC2)C=C1. The van der Waals surface area contributed by atoms with Crippen molar-refractivity contribution in [1.82, 2.24) is 0 Å². The van der Waals surface area contributed by atoms with Crippen LogP contribution in [0, 0.1) is 11.8 Å². The summed E-state index contributed by atoms with van der Waals surface area (Å²) in [5, 5.41) is 0. The van der Waals surface area contributed by atoms with Gasteiger partial charge in [0.2, 0.25) is 0 Å². The van der Waals surface area contributed by atoms with E-state index >= 15 is 0 Å². The van der Waals surface area contributed by atoms with E-state index in [9.17, 15) is 0 Å². The highest BCUT2D eigenvalue weighted by Crippen LogP contribution is 2.29. The average molecular weight is 204 g/mol. The second-order valence-corrected chi connectivity index (χ2v) is 5.24. The standard InChI is InChI=1S/C15H24/c1-3-8-14(9-4-1)12-7-13-15-10-5-2-6-11-15/h1,3-4,8,14-15H,2,5-7,9-13H2. The molecule has 0 aromatic carbocycles. The van der Waals surface area contributed by atoms with Gasteiger partial charge in [-0.2, -0.15) is 0 Å². The fraction of sp³-hybridized carbons (Fsp3) is 0.733. The largest absolute Gasteiger partial charge is 0.0840 e. The van der Waals surface area contributed by atoms with E-state index in [1.54, 1.807) is 0 Å². The van der Waals surface area contributed by atoms with Gasteiger partial charge in [0.25, 0.3) is 0 Å². The second kappa shape index (κ2) is 6.15. The van der Waals surface area contributed by atoms with Crippen LogP contribution in [0.3, 0.4) is 0 Å². The van der Waals surface area contributed by atoms with Crippen molar-refractivity contribution in [2.45, 2.75) is 57.8 Å². The van der Waals surface area contributed by atoms with Gasteiger partial charge in [-0.25, -0.2) is 0 Å². The highest BCUT2D eigenvalue weighted by Gasteiger charge is 2.13. The molecule has 84 valence electrons. The first-order valence-corrected chi connectivity index (χ1v) is 6.78. The van der Waals surface area contributed by atoms with Crippen LogP contribution in [0.15, 0.2) is 24.3 Å². The Kier molecular flexibility index (Phi) is 4.50. The fourth-order valence-electron chi connectivity index (χ4n) is 2.99. The molecule has 0 aromatic rings. The summed E-state index contributed by atoms with van der Waals surface area (Å²) in [5.74, 6) is 1.92. The van der Waals surface area contributed by atoms with Crippen molar-refractivity contribution in [2.75, 3.05) is 0 Å². The van der Waals surface area contributed by atoms with E-state index in [0.29, 0.717) is 0 Å². The molecule has 2 aliphatic carbocycles. The molecule has 0 saturated heterocycles. The highest BCUT2D eigenvalue weighted by atomic mass is 14.2. The third kappa shape index (κ3) is 3.85. The first-order chi connectivity index (χ1) is 7.45. The monoisotopic (exact) mass is 204 g/mol. The van der Waals surface area contributed by atoms with Crippen LogP contribution in [0.4, 0.5) is 0 Å².